The fourth-order valence-electron chi connectivity index (χ4n) is 2.41. The molecule has 6 heteroatoms. The van der Waals surface area contributed by atoms with Gasteiger partial charge in [0.15, 0.2) is 0 Å². The van der Waals surface area contributed by atoms with Crippen molar-refractivity contribution in [2.24, 2.45) is 5.92 Å². The molecular weight excluding hydrogens is 258 g/mol. The molecule has 2 unspecified atom stereocenters. The number of nitrogens with zero attached hydrogens (tertiary/aromatic N) is 2. The first kappa shape index (κ1) is 14.3. The highest BCUT2D eigenvalue weighted by Crippen LogP contribution is 2.20. The fraction of sp³-hybridized carbons (Fsp3) is 0.500. The van der Waals surface area contributed by atoms with Gasteiger partial charge in [0, 0.05) is 25.7 Å². The maximum absolute atomic E-state index is 12.1. The van der Waals surface area contributed by atoms with Crippen LogP contribution in [0.4, 0.5) is 4.79 Å². The van der Waals surface area contributed by atoms with Gasteiger partial charge in [-0.1, -0.05) is 6.07 Å². The molecule has 2 heterocycles. The van der Waals surface area contributed by atoms with Crippen LogP contribution < -0.4 is 5.32 Å². The number of rotatable bonds is 4. The van der Waals surface area contributed by atoms with Crippen LogP contribution in [0.1, 0.15) is 31.5 Å². The van der Waals surface area contributed by atoms with Gasteiger partial charge in [0.1, 0.15) is 0 Å². The van der Waals surface area contributed by atoms with E-state index in [1.54, 1.807) is 11.1 Å². The summed E-state index contributed by atoms with van der Waals surface area (Å²) in [6.45, 7) is 3.00. The smallest absolute Gasteiger partial charge is 0.317 e. The van der Waals surface area contributed by atoms with E-state index in [4.69, 9.17) is 5.11 Å². The number of carbonyl (C=O) groups excluding carboxylic acids is 1. The zero-order valence-corrected chi connectivity index (χ0v) is 11.5. The number of pyridine rings is 1. The number of nitrogens with one attached hydrogen (secondary N) is 1. The molecule has 0 radical (unpaired) electrons. The van der Waals surface area contributed by atoms with Crippen LogP contribution in [0.25, 0.3) is 0 Å². The zero-order chi connectivity index (χ0) is 14.5. The lowest BCUT2D eigenvalue weighted by molar-refractivity contribution is -0.138. The zero-order valence-electron chi connectivity index (χ0n) is 11.5. The second kappa shape index (κ2) is 6.36. The second-order valence-corrected chi connectivity index (χ2v) is 5.12. The summed E-state index contributed by atoms with van der Waals surface area (Å²) in [4.78, 5) is 28.6. The Balaban J connectivity index is 1.85. The average Bonchev–Trinajstić information content (AvgIpc) is 2.87. The van der Waals surface area contributed by atoms with E-state index in [0.29, 0.717) is 13.1 Å². The molecule has 1 saturated heterocycles. The van der Waals surface area contributed by atoms with Crippen molar-refractivity contribution in [2.75, 3.05) is 13.1 Å². The third-order valence-electron chi connectivity index (χ3n) is 3.51. The Morgan fingerprint density at radius 1 is 1.55 bits per heavy atom. The standard InChI is InChI=1S/C14H19N3O3/c1-10(12-4-2-3-6-15-12)16-14(20)17-7-5-11(9-17)8-13(18)19/h2-4,6,10-11H,5,7-9H2,1H3,(H,16,20)(H,18,19). The number of aliphatic carboxylic acids is 1. The van der Waals surface area contributed by atoms with Crippen LogP contribution in [0.3, 0.4) is 0 Å². The number of amides is 2. The van der Waals surface area contributed by atoms with Crippen molar-refractivity contribution in [1.29, 1.82) is 0 Å². The minimum atomic E-state index is -0.806. The van der Waals surface area contributed by atoms with Crippen LogP contribution >= 0.6 is 0 Å². The lowest BCUT2D eigenvalue weighted by Crippen LogP contribution is -2.40. The second-order valence-electron chi connectivity index (χ2n) is 5.12. The minimum Gasteiger partial charge on any atom is -0.481 e. The molecule has 0 aromatic carbocycles. The van der Waals surface area contributed by atoms with Crippen molar-refractivity contribution in [2.45, 2.75) is 25.8 Å². The van der Waals surface area contributed by atoms with Gasteiger partial charge < -0.3 is 15.3 Å². The highest BCUT2D eigenvalue weighted by molar-refractivity contribution is 5.75. The Kier molecular flexibility index (Phi) is 4.55. The molecule has 2 rings (SSSR count). The molecule has 2 amide bonds. The van der Waals surface area contributed by atoms with E-state index in [1.807, 2.05) is 25.1 Å². The summed E-state index contributed by atoms with van der Waals surface area (Å²) < 4.78 is 0. The van der Waals surface area contributed by atoms with Crippen molar-refractivity contribution in [1.82, 2.24) is 15.2 Å². The number of hydrogen-bond donors (Lipinski definition) is 2. The minimum absolute atomic E-state index is 0.0587. The Morgan fingerprint density at radius 3 is 3.00 bits per heavy atom. The van der Waals surface area contributed by atoms with Gasteiger partial charge in [0.25, 0.3) is 0 Å². The summed E-state index contributed by atoms with van der Waals surface area (Å²) in [7, 11) is 0. The third kappa shape index (κ3) is 3.69. The number of hydrogen-bond acceptors (Lipinski definition) is 3. The molecule has 0 bridgehead atoms. The maximum atomic E-state index is 12.1. The lowest BCUT2D eigenvalue weighted by Gasteiger charge is -2.20. The highest BCUT2D eigenvalue weighted by Gasteiger charge is 2.28. The van der Waals surface area contributed by atoms with E-state index < -0.39 is 5.97 Å². The Hall–Kier alpha value is -2.11. The van der Waals surface area contributed by atoms with Crippen LogP contribution in [0.5, 0.6) is 0 Å². The normalized spacial score (nSPS) is 19.6. The van der Waals surface area contributed by atoms with E-state index in [2.05, 4.69) is 10.3 Å². The summed E-state index contributed by atoms with van der Waals surface area (Å²) in [6, 6.07) is 5.25. The third-order valence-corrected chi connectivity index (χ3v) is 3.51. The summed E-state index contributed by atoms with van der Waals surface area (Å²) >= 11 is 0. The van der Waals surface area contributed by atoms with E-state index in [0.717, 1.165) is 12.1 Å². The molecule has 6 nitrogen and oxygen atoms in total. The molecule has 0 aliphatic carbocycles. The van der Waals surface area contributed by atoms with E-state index >= 15 is 0 Å². The van der Waals surface area contributed by atoms with E-state index in [-0.39, 0.29) is 24.4 Å². The molecule has 20 heavy (non-hydrogen) atoms. The van der Waals surface area contributed by atoms with Gasteiger partial charge in [0.2, 0.25) is 0 Å². The van der Waals surface area contributed by atoms with E-state index in [9.17, 15) is 9.59 Å². The Labute approximate surface area is 117 Å². The Bertz CT molecular complexity index is 478. The first-order chi connectivity index (χ1) is 9.56. The summed E-state index contributed by atoms with van der Waals surface area (Å²) in [5, 5.41) is 11.7. The van der Waals surface area contributed by atoms with Crippen LogP contribution in [0, 0.1) is 5.92 Å². The van der Waals surface area contributed by atoms with Gasteiger partial charge in [-0.3, -0.25) is 9.78 Å². The molecule has 108 valence electrons. The number of carboxylic acids is 1. The maximum Gasteiger partial charge on any atom is 0.317 e. The van der Waals surface area contributed by atoms with Gasteiger partial charge in [-0.05, 0) is 31.4 Å². The molecule has 1 fully saturated rings. The van der Waals surface area contributed by atoms with Crippen molar-refractivity contribution in [3.63, 3.8) is 0 Å². The first-order valence-electron chi connectivity index (χ1n) is 6.74. The summed E-state index contributed by atoms with van der Waals surface area (Å²) in [5.74, 6) is -0.748. The molecule has 1 aliphatic heterocycles. The number of likely N-dealkylation sites (tertiary alicyclic amines) is 1. The van der Waals surface area contributed by atoms with Crippen molar-refractivity contribution in [3.8, 4) is 0 Å². The van der Waals surface area contributed by atoms with E-state index in [1.165, 1.54) is 0 Å². The molecule has 2 N–H and O–H groups in total. The first-order valence-corrected chi connectivity index (χ1v) is 6.74. The number of carbonyl (C=O) groups is 2. The lowest BCUT2D eigenvalue weighted by atomic mass is 10.1. The highest BCUT2D eigenvalue weighted by atomic mass is 16.4. The van der Waals surface area contributed by atoms with Crippen LogP contribution in [0.2, 0.25) is 0 Å². The van der Waals surface area contributed by atoms with Crippen LogP contribution in [-0.2, 0) is 4.79 Å². The molecule has 0 spiro atoms. The molecule has 1 aromatic heterocycles. The number of carboxylic acid groups (broad SMARTS) is 1. The average molecular weight is 277 g/mol. The van der Waals surface area contributed by atoms with Crippen molar-refractivity contribution < 1.29 is 14.7 Å². The largest absolute Gasteiger partial charge is 0.481 e. The molecular formula is C14H19N3O3. The monoisotopic (exact) mass is 277 g/mol. The molecule has 1 aromatic rings. The predicted octanol–water partition coefficient (Wildman–Crippen LogP) is 1.65. The van der Waals surface area contributed by atoms with Gasteiger partial charge in [-0.25, -0.2) is 4.79 Å². The van der Waals surface area contributed by atoms with Gasteiger partial charge in [0.05, 0.1) is 11.7 Å². The topological polar surface area (TPSA) is 82.5 Å². The fourth-order valence-corrected chi connectivity index (χ4v) is 2.41. The SMILES string of the molecule is CC(NC(=O)N1CCC(CC(=O)O)C1)c1ccccn1. The van der Waals surface area contributed by atoms with Crippen LogP contribution in [0.15, 0.2) is 24.4 Å². The van der Waals surface area contributed by atoms with Gasteiger partial charge >= 0.3 is 12.0 Å². The summed E-state index contributed by atoms with van der Waals surface area (Å²) in [6.07, 6.45) is 2.56. The molecule has 1 aliphatic rings. The Morgan fingerprint density at radius 2 is 2.35 bits per heavy atom. The van der Waals surface area contributed by atoms with Crippen LogP contribution in [-0.4, -0.2) is 40.1 Å². The van der Waals surface area contributed by atoms with Crippen molar-refractivity contribution >= 4 is 12.0 Å². The predicted molar refractivity (Wildman–Crippen MR) is 73.1 cm³/mol. The number of urea groups is 1. The molecule has 2 atom stereocenters. The van der Waals surface area contributed by atoms with Gasteiger partial charge in [-0.15, -0.1) is 0 Å². The molecule has 0 saturated carbocycles. The number of aromatic nitrogens is 1. The quantitative estimate of drug-likeness (QED) is 0.876. The summed E-state index contributed by atoms with van der Waals surface area (Å²) in [5.41, 5.74) is 0.808. The van der Waals surface area contributed by atoms with Crippen molar-refractivity contribution in [3.05, 3.63) is 30.1 Å². The van der Waals surface area contributed by atoms with Gasteiger partial charge in [-0.2, -0.15) is 0 Å².